The van der Waals surface area contributed by atoms with Gasteiger partial charge in [0.2, 0.25) is 5.43 Å². The van der Waals surface area contributed by atoms with Gasteiger partial charge < -0.3 is 18.9 Å². The van der Waals surface area contributed by atoms with Crippen molar-refractivity contribution in [2.75, 3.05) is 25.1 Å². The lowest BCUT2D eigenvalue weighted by molar-refractivity contribution is 0.0693. The highest BCUT2D eigenvalue weighted by Crippen LogP contribution is 2.63. The molecule has 2 aliphatic carbocycles. The molecule has 11 heteroatoms. The Morgan fingerprint density at radius 2 is 1.91 bits per heavy atom. The largest absolute Gasteiger partial charge is 0.798 e. The number of rotatable bonds is 5. The minimum atomic E-state index is -3.43. The predicted molar refractivity (Wildman–Crippen MR) is 114 cm³/mol. The van der Waals surface area contributed by atoms with Crippen LogP contribution in [0.5, 0.6) is 5.75 Å². The van der Waals surface area contributed by atoms with E-state index in [1.54, 1.807) is 0 Å². The Hall–Kier alpha value is -2.72. The van der Waals surface area contributed by atoms with Crippen molar-refractivity contribution in [3.63, 3.8) is 0 Å². The van der Waals surface area contributed by atoms with Crippen molar-refractivity contribution >= 4 is 30.0 Å². The summed E-state index contributed by atoms with van der Waals surface area (Å²) >= 11 is 0. The Balaban J connectivity index is 1.73. The summed E-state index contributed by atoms with van der Waals surface area (Å²) in [6.45, 7) is 5.47. The van der Waals surface area contributed by atoms with Crippen LogP contribution in [0.2, 0.25) is 0 Å². The highest BCUT2D eigenvalue weighted by atomic mass is 19.2. The van der Waals surface area contributed by atoms with E-state index in [-0.39, 0.29) is 39.6 Å². The van der Waals surface area contributed by atoms with Crippen LogP contribution in [0, 0.1) is 16.6 Å². The number of pyridine rings is 1. The van der Waals surface area contributed by atoms with Crippen LogP contribution in [0.4, 0.5) is 23.1 Å². The molecule has 1 saturated heterocycles. The first-order chi connectivity index (χ1) is 15.5. The zero-order valence-corrected chi connectivity index (χ0v) is 18.5. The molecule has 0 radical (unpaired) electrons. The molecule has 3 fully saturated rings. The summed E-state index contributed by atoms with van der Waals surface area (Å²) in [4.78, 5) is 27.0. The number of benzene rings is 1. The summed E-state index contributed by atoms with van der Waals surface area (Å²) in [7, 11) is -2.10. The maximum atomic E-state index is 15.5. The summed E-state index contributed by atoms with van der Waals surface area (Å²) in [6, 6.07) is 0.245. The van der Waals surface area contributed by atoms with E-state index in [0.29, 0.717) is 13.1 Å². The van der Waals surface area contributed by atoms with Gasteiger partial charge in [0.15, 0.2) is 11.6 Å². The lowest BCUT2D eigenvalue weighted by Gasteiger charge is -2.26. The Morgan fingerprint density at radius 1 is 1.24 bits per heavy atom. The van der Waals surface area contributed by atoms with E-state index < -0.39 is 42.5 Å². The molecule has 0 N–H and O–H groups in total. The highest BCUT2D eigenvalue weighted by Gasteiger charge is 2.60. The van der Waals surface area contributed by atoms with Crippen molar-refractivity contribution < 1.29 is 31.6 Å². The molecule has 1 aromatic carbocycles. The number of fused-ring (bicyclic) bond motifs is 1. The van der Waals surface area contributed by atoms with Gasteiger partial charge in [-0.2, -0.15) is 0 Å². The van der Waals surface area contributed by atoms with Crippen LogP contribution in [-0.4, -0.2) is 44.4 Å². The molecular weight excluding hydrogens is 443 g/mol. The number of carbonyl (C=O) groups is 1. The number of carbonyl (C=O) groups excluding carboxylic acids is 1. The number of anilines is 1. The van der Waals surface area contributed by atoms with Crippen LogP contribution in [0.1, 0.15) is 49.5 Å². The molecule has 2 heterocycles. The number of hydrogen-bond acceptors (Lipinski definition) is 5. The topological polar surface area (TPSA) is 60.8 Å². The molecule has 0 bridgehead atoms. The second-order valence-corrected chi connectivity index (χ2v) is 9.92. The maximum Gasteiger partial charge on any atom is 0.798 e. The Morgan fingerprint density at radius 3 is 2.42 bits per heavy atom. The molecule has 0 unspecified atom stereocenters. The normalized spacial score (nSPS) is 24.3. The standard InChI is InChI=1S/C22H23BF4N2O4/c1-21(2)9-28(10-22(21)4-5-22)17-14(25)6-11-16(19(17)32-3)29(15-7-13(15)24)8-12(18(11)30)20(31)33-23(26)27/h6,8,13,15H,4-5,7,9-10H2,1-3H3/t13-,15+/m0/s1. The smallest absolute Gasteiger partial charge is 0.492 e. The number of aromatic nitrogens is 1. The maximum absolute atomic E-state index is 15.5. The van der Waals surface area contributed by atoms with E-state index >= 15 is 4.39 Å². The van der Waals surface area contributed by atoms with E-state index in [0.717, 1.165) is 25.1 Å². The molecule has 2 aromatic rings. The first-order valence-corrected chi connectivity index (χ1v) is 10.8. The fourth-order valence-corrected chi connectivity index (χ4v) is 5.35. The second kappa shape index (κ2) is 7.14. The van der Waals surface area contributed by atoms with Gasteiger partial charge in [-0.1, -0.05) is 13.8 Å². The first kappa shape index (κ1) is 22.1. The van der Waals surface area contributed by atoms with E-state index in [4.69, 9.17) is 4.74 Å². The van der Waals surface area contributed by atoms with Gasteiger partial charge >= 0.3 is 13.4 Å². The zero-order chi connectivity index (χ0) is 23.9. The average Bonchev–Trinajstić information content (AvgIpc) is 3.62. The van der Waals surface area contributed by atoms with Gasteiger partial charge in [-0.25, -0.2) is 22.2 Å². The summed E-state index contributed by atoms with van der Waals surface area (Å²) in [5.74, 6) is -2.23. The lowest BCUT2D eigenvalue weighted by Crippen LogP contribution is -2.26. The van der Waals surface area contributed by atoms with Crippen molar-refractivity contribution in [1.29, 1.82) is 0 Å². The molecule has 33 heavy (non-hydrogen) atoms. The molecule has 1 aliphatic heterocycles. The second-order valence-electron chi connectivity index (χ2n) is 9.92. The van der Waals surface area contributed by atoms with Crippen LogP contribution in [0.3, 0.4) is 0 Å². The van der Waals surface area contributed by atoms with Gasteiger partial charge in [-0.15, -0.1) is 0 Å². The molecule has 176 valence electrons. The lowest BCUT2D eigenvalue weighted by atomic mass is 9.79. The minimum Gasteiger partial charge on any atom is -0.492 e. The van der Waals surface area contributed by atoms with Crippen molar-refractivity contribution in [3.8, 4) is 5.75 Å². The summed E-state index contributed by atoms with van der Waals surface area (Å²) in [6.07, 6.45) is 1.95. The third-order valence-corrected chi connectivity index (χ3v) is 7.54. The Kier molecular flexibility index (Phi) is 4.78. The van der Waals surface area contributed by atoms with E-state index in [1.165, 1.54) is 11.7 Å². The number of ether oxygens (including phenoxy) is 1. The van der Waals surface area contributed by atoms with Gasteiger partial charge in [0.25, 0.3) is 0 Å². The Bertz CT molecular complexity index is 1220. The fourth-order valence-electron chi connectivity index (χ4n) is 5.35. The van der Waals surface area contributed by atoms with Crippen LogP contribution >= 0.6 is 0 Å². The van der Waals surface area contributed by atoms with E-state index in [1.807, 2.05) is 4.90 Å². The number of alkyl halides is 1. The first-order valence-electron chi connectivity index (χ1n) is 10.8. The van der Waals surface area contributed by atoms with Crippen molar-refractivity contribution in [3.05, 3.63) is 33.9 Å². The third-order valence-electron chi connectivity index (χ3n) is 7.54. The average molecular weight is 466 g/mol. The van der Waals surface area contributed by atoms with Crippen molar-refractivity contribution in [2.24, 2.45) is 10.8 Å². The van der Waals surface area contributed by atoms with Crippen LogP contribution in [-0.2, 0) is 4.65 Å². The quantitative estimate of drug-likeness (QED) is 0.490. The predicted octanol–water partition coefficient (Wildman–Crippen LogP) is 4.14. The molecule has 3 aliphatic rings. The minimum absolute atomic E-state index is 0.0531. The van der Waals surface area contributed by atoms with Crippen LogP contribution in [0.25, 0.3) is 10.9 Å². The summed E-state index contributed by atoms with van der Waals surface area (Å²) < 4.78 is 65.6. The SMILES string of the molecule is COc1c(N2CC(C)(C)C3(CC3)C2)c(F)cc2c(=O)c(C(=O)OB(F)F)cn([C@@H]3C[C@@H]3F)c12. The summed E-state index contributed by atoms with van der Waals surface area (Å²) in [5, 5.41) is -0.254. The monoisotopic (exact) mass is 466 g/mol. The molecule has 1 spiro atoms. The van der Waals surface area contributed by atoms with Crippen molar-refractivity contribution in [2.45, 2.75) is 45.3 Å². The van der Waals surface area contributed by atoms with Crippen LogP contribution in [0.15, 0.2) is 17.1 Å². The van der Waals surface area contributed by atoms with Gasteiger partial charge in [0.1, 0.15) is 17.4 Å². The van der Waals surface area contributed by atoms with E-state index in [2.05, 4.69) is 18.5 Å². The third kappa shape index (κ3) is 3.30. The fraction of sp³-hybridized carbons (Fsp3) is 0.545. The van der Waals surface area contributed by atoms with Gasteiger partial charge in [-0.3, -0.25) is 4.79 Å². The molecule has 5 rings (SSSR count). The van der Waals surface area contributed by atoms with Gasteiger partial charge in [-0.05, 0) is 29.7 Å². The zero-order valence-electron chi connectivity index (χ0n) is 18.5. The molecule has 0 amide bonds. The Labute approximate surface area is 187 Å². The van der Waals surface area contributed by atoms with E-state index in [9.17, 15) is 22.6 Å². The highest BCUT2D eigenvalue weighted by molar-refractivity contribution is 6.38. The molecule has 2 atom stereocenters. The van der Waals surface area contributed by atoms with Gasteiger partial charge in [0.05, 0.1) is 24.1 Å². The molecule has 6 nitrogen and oxygen atoms in total. The molecular formula is C22H23BF4N2O4. The summed E-state index contributed by atoms with van der Waals surface area (Å²) in [5.41, 5.74) is -1.35. The molecule has 2 saturated carbocycles. The number of nitrogens with zero attached hydrogens (tertiary/aromatic N) is 2. The van der Waals surface area contributed by atoms with Crippen LogP contribution < -0.4 is 15.1 Å². The van der Waals surface area contributed by atoms with Gasteiger partial charge in [0, 0.05) is 25.7 Å². The number of hydrogen-bond donors (Lipinski definition) is 0. The number of methoxy groups -OCH3 is 1. The molecule has 1 aromatic heterocycles. The van der Waals surface area contributed by atoms with Crippen molar-refractivity contribution in [1.82, 2.24) is 4.57 Å². The number of halogens is 4.